The maximum atomic E-state index is 13.0. The van der Waals surface area contributed by atoms with Crippen molar-refractivity contribution in [1.82, 2.24) is 9.66 Å². The molecule has 1 aromatic heterocycles. The molecule has 0 saturated carbocycles. The summed E-state index contributed by atoms with van der Waals surface area (Å²) in [6, 6.07) is 10.6. The smallest absolute Gasteiger partial charge is 0.282 e. The van der Waals surface area contributed by atoms with E-state index in [1.807, 2.05) is 19.1 Å². The molecular formula is C19H17BrIN3O2. The van der Waals surface area contributed by atoms with Gasteiger partial charge in [-0.25, -0.2) is 4.98 Å². The molecule has 0 bridgehead atoms. The molecule has 0 amide bonds. The molecule has 0 spiro atoms. The molecule has 3 rings (SSSR count). The summed E-state index contributed by atoms with van der Waals surface area (Å²) in [6.07, 6.45) is 2.46. The van der Waals surface area contributed by atoms with Gasteiger partial charge in [0, 0.05) is 10.4 Å². The van der Waals surface area contributed by atoms with Gasteiger partial charge in [-0.3, -0.25) is 4.79 Å². The predicted molar refractivity (Wildman–Crippen MR) is 116 cm³/mol. The summed E-state index contributed by atoms with van der Waals surface area (Å²) in [7, 11) is 0. The lowest BCUT2D eigenvalue weighted by atomic mass is 10.1. The van der Waals surface area contributed by atoms with Gasteiger partial charge in [-0.05, 0) is 71.0 Å². The lowest BCUT2D eigenvalue weighted by molar-refractivity contribution is 0.471. The number of phenols is 1. The number of phenolic OH excluding ortho intramolecular Hbond substituents is 1. The van der Waals surface area contributed by atoms with E-state index in [-0.39, 0.29) is 17.2 Å². The molecule has 0 aliphatic heterocycles. The highest BCUT2D eigenvalue weighted by molar-refractivity contribution is 14.1. The first-order valence-corrected chi connectivity index (χ1v) is 10.0. The lowest BCUT2D eigenvalue weighted by Gasteiger charge is -2.14. The van der Waals surface area contributed by atoms with Gasteiger partial charge in [-0.1, -0.05) is 29.8 Å². The average molecular weight is 526 g/mol. The molecule has 1 atom stereocenters. The summed E-state index contributed by atoms with van der Waals surface area (Å²) < 4.78 is 2.92. The van der Waals surface area contributed by atoms with Crippen molar-refractivity contribution in [2.24, 2.45) is 5.10 Å². The van der Waals surface area contributed by atoms with Gasteiger partial charge in [0.05, 0.1) is 20.7 Å². The van der Waals surface area contributed by atoms with Crippen LogP contribution < -0.4 is 5.56 Å². The van der Waals surface area contributed by atoms with Crippen molar-refractivity contribution in [2.45, 2.75) is 26.2 Å². The Bertz CT molecular complexity index is 1060. The minimum atomic E-state index is -0.198. The molecule has 134 valence electrons. The van der Waals surface area contributed by atoms with E-state index in [1.54, 1.807) is 30.5 Å². The molecule has 0 saturated heterocycles. The fourth-order valence-corrected chi connectivity index (χ4v) is 3.41. The Kier molecular flexibility index (Phi) is 5.76. The Balaban J connectivity index is 2.18. The Labute approximate surface area is 173 Å². The van der Waals surface area contributed by atoms with Crippen LogP contribution in [0, 0.1) is 3.57 Å². The van der Waals surface area contributed by atoms with Gasteiger partial charge in [-0.15, -0.1) is 0 Å². The van der Waals surface area contributed by atoms with Gasteiger partial charge in [0.15, 0.2) is 0 Å². The first kappa shape index (κ1) is 19.0. The van der Waals surface area contributed by atoms with Crippen molar-refractivity contribution in [1.29, 1.82) is 0 Å². The van der Waals surface area contributed by atoms with Crippen LogP contribution in [0.3, 0.4) is 0 Å². The van der Waals surface area contributed by atoms with E-state index >= 15 is 0 Å². The van der Waals surface area contributed by atoms with Crippen molar-refractivity contribution < 1.29 is 5.11 Å². The molecule has 0 aliphatic carbocycles. The number of hydrogen-bond acceptors (Lipinski definition) is 4. The van der Waals surface area contributed by atoms with Gasteiger partial charge < -0.3 is 5.11 Å². The monoisotopic (exact) mass is 525 g/mol. The van der Waals surface area contributed by atoms with Crippen LogP contribution in [0.2, 0.25) is 0 Å². The van der Waals surface area contributed by atoms with E-state index in [2.05, 4.69) is 55.5 Å². The van der Waals surface area contributed by atoms with Crippen LogP contribution >= 0.6 is 38.5 Å². The van der Waals surface area contributed by atoms with E-state index in [1.165, 1.54) is 4.68 Å². The SMILES string of the molecule is CC[C@@H](C)c1nc2ccc(Br)cc2c(=O)n1N=Cc1ccc(O)c(I)c1. The van der Waals surface area contributed by atoms with Crippen LogP contribution in [0.25, 0.3) is 10.9 Å². The van der Waals surface area contributed by atoms with Crippen LogP contribution in [-0.4, -0.2) is 21.0 Å². The Morgan fingerprint density at radius 2 is 2.12 bits per heavy atom. The minimum absolute atomic E-state index is 0.0906. The van der Waals surface area contributed by atoms with E-state index < -0.39 is 0 Å². The number of fused-ring (bicyclic) bond motifs is 1. The zero-order chi connectivity index (χ0) is 18.8. The van der Waals surface area contributed by atoms with Crippen molar-refractivity contribution in [3.8, 4) is 5.75 Å². The number of nitrogens with zero attached hydrogens (tertiary/aromatic N) is 3. The summed E-state index contributed by atoms with van der Waals surface area (Å²) in [4.78, 5) is 17.7. The second kappa shape index (κ2) is 7.87. The van der Waals surface area contributed by atoms with E-state index in [0.29, 0.717) is 16.7 Å². The van der Waals surface area contributed by atoms with Crippen molar-refractivity contribution in [3.63, 3.8) is 0 Å². The Hall–Kier alpha value is -1.74. The maximum Gasteiger partial charge on any atom is 0.282 e. The minimum Gasteiger partial charge on any atom is -0.507 e. The molecule has 2 aromatic carbocycles. The predicted octanol–water partition coefficient (Wildman–Crippen LogP) is 4.86. The number of rotatable bonds is 4. The highest BCUT2D eigenvalue weighted by Gasteiger charge is 2.15. The number of aromatic hydroxyl groups is 1. The highest BCUT2D eigenvalue weighted by atomic mass is 127. The molecule has 5 nitrogen and oxygen atoms in total. The normalized spacial score (nSPS) is 12.8. The van der Waals surface area contributed by atoms with Crippen LogP contribution in [-0.2, 0) is 0 Å². The Morgan fingerprint density at radius 1 is 1.35 bits per heavy atom. The number of halogens is 2. The largest absolute Gasteiger partial charge is 0.507 e. The summed E-state index contributed by atoms with van der Waals surface area (Å²) in [5.74, 6) is 0.947. The molecule has 1 heterocycles. The highest BCUT2D eigenvalue weighted by Crippen LogP contribution is 2.22. The number of hydrogen-bond donors (Lipinski definition) is 1. The zero-order valence-electron chi connectivity index (χ0n) is 14.3. The molecule has 26 heavy (non-hydrogen) atoms. The molecule has 0 radical (unpaired) electrons. The molecule has 0 fully saturated rings. The van der Waals surface area contributed by atoms with Gasteiger partial charge in [0.25, 0.3) is 5.56 Å². The van der Waals surface area contributed by atoms with Crippen LogP contribution in [0.4, 0.5) is 0 Å². The molecule has 0 unspecified atom stereocenters. The van der Waals surface area contributed by atoms with Crippen molar-refractivity contribution >= 4 is 55.6 Å². The third kappa shape index (κ3) is 3.83. The van der Waals surface area contributed by atoms with Gasteiger partial charge in [0.2, 0.25) is 0 Å². The standard InChI is InChI=1S/C19H17BrIN3O2/c1-3-11(2)18-23-16-6-5-13(20)9-14(16)19(26)24(18)22-10-12-4-7-17(25)15(21)8-12/h4-11,25H,3H2,1-2H3/t11-/m1/s1. The summed E-state index contributed by atoms with van der Waals surface area (Å²) in [5, 5.41) is 14.6. The zero-order valence-corrected chi connectivity index (χ0v) is 18.0. The topological polar surface area (TPSA) is 67.5 Å². The third-order valence-corrected chi connectivity index (χ3v) is 5.54. The van der Waals surface area contributed by atoms with Crippen LogP contribution in [0.15, 0.2) is 50.8 Å². The number of aromatic nitrogens is 2. The maximum absolute atomic E-state index is 13.0. The van der Waals surface area contributed by atoms with Gasteiger partial charge >= 0.3 is 0 Å². The van der Waals surface area contributed by atoms with E-state index in [9.17, 15) is 9.90 Å². The lowest BCUT2D eigenvalue weighted by Crippen LogP contribution is -2.23. The average Bonchev–Trinajstić information content (AvgIpc) is 2.63. The van der Waals surface area contributed by atoms with E-state index in [4.69, 9.17) is 0 Å². The quantitative estimate of drug-likeness (QED) is 0.390. The molecule has 3 aromatic rings. The second-order valence-electron chi connectivity index (χ2n) is 6.01. The molecule has 0 aliphatic rings. The fraction of sp³-hybridized carbons (Fsp3) is 0.211. The fourth-order valence-electron chi connectivity index (χ4n) is 2.51. The van der Waals surface area contributed by atoms with E-state index in [0.717, 1.165) is 20.0 Å². The second-order valence-corrected chi connectivity index (χ2v) is 8.09. The Morgan fingerprint density at radius 3 is 2.81 bits per heavy atom. The van der Waals surface area contributed by atoms with Gasteiger partial charge in [-0.2, -0.15) is 9.78 Å². The van der Waals surface area contributed by atoms with Crippen molar-refractivity contribution in [3.05, 3.63) is 66.2 Å². The summed E-state index contributed by atoms with van der Waals surface area (Å²) >= 11 is 5.46. The molecule has 1 N–H and O–H groups in total. The van der Waals surface area contributed by atoms with Crippen molar-refractivity contribution in [2.75, 3.05) is 0 Å². The first-order valence-electron chi connectivity index (χ1n) is 8.15. The molecule has 7 heteroatoms. The summed E-state index contributed by atoms with van der Waals surface area (Å²) in [5.41, 5.74) is 1.26. The van der Waals surface area contributed by atoms with Crippen LogP contribution in [0.1, 0.15) is 37.6 Å². The van der Waals surface area contributed by atoms with Gasteiger partial charge in [0.1, 0.15) is 11.6 Å². The third-order valence-electron chi connectivity index (χ3n) is 4.18. The first-order chi connectivity index (χ1) is 12.4. The molecular weight excluding hydrogens is 509 g/mol. The summed E-state index contributed by atoms with van der Waals surface area (Å²) in [6.45, 7) is 4.08. The number of benzene rings is 2. The van der Waals surface area contributed by atoms with Crippen LogP contribution in [0.5, 0.6) is 5.75 Å².